The summed E-state index contributed by atoms with van der Waals surface area (Å²) in [6, 6.07) is 4.36. The van der Waals surface area contributed by atoms with Crippen molar-refractivity contribution >= 4 is 23.5 Å². The van der Waals surface area contributed by atoms with E-state index in [0.29, 0.717) is 25.0 Å². The Bertz CT molecular complexity index is 1060. The van der Waals surface area contributed by atoms with Crippen LogP contribution in [0.3, 0.4) is 0 Å². The molecule has 1 aromatic carbocycles. The van der Waals surface area contributed by atoms with E-state index in [1.165, 1.54) is 12.1 Å². The molecule has 5 rings (SSSR count). The minimum Gasteiger partial charge on any atom is -0.484 e. The van der Waals surface area contributed by atoms with Gasteiger partial charge in [-0.2, -0.15) is 0 Å². The second-order valence-electron chi connectivity index (χ2n) is 9.17. The Kier molecular flexibility index (Phi) is 5.83. The molecule has 1 aromatic heterocycles. The number of hydrogen-bond donors (Lipinski definition) is 1. The molecule has 3 fully saturated rings. The van der Waals surface area contributed by atoms with Gasteiger partial charge in [0.2, 0.25) is 5.89 Å². The van der Waals surface area contributed by atoms with Crippen molar-refractivity contribution in [3.63, 3.8) is 0 Å². The zero-order valence-corrected chi connectivity index (χ0v) is 18.5. The van der Waals surface area contributed by atoms with Crippen LogP contribution in [0.1, 0.15) is 37.5 Å². The predicted octanol–water partition coefficient (Wildman–Crippen LogP) is 3.81. The minimum absolute atomic E-state index is 0.0185. The van der Waals surface area contributed by atoms with Crippen LogP contribution in [0.25, 0.3) is 0 Å². The Balaban J connectivity index is 1.01. The van der Waals surface area contributed by atoms with Crippen LogP contribution in [-0.2, 0) is 9.53 Å². The molecular weight excluding hydrogens is 484 g/mol. The number of rotatable bonds is 7. The maximum absolute atomic E-state index is 13.4. The maximum atomic E-state index is 13.4. The number of anilines is 1. The van der Waals surface area contributed by atoms with E-state index in [-0.39, 0.29) is 53.5 Å². The highest BCUT2D eigenvalue weighted by Crippen LogP contribution is 2.50. The normalized spacial score (nSPS) is 23.7. The number of carbonyl (C=O) groups excluding carboxylic acids is 1. The molecule has 8 nitrogen and oxygen atoms in total. The van der Waals surface area contributed by atoms with Crippen LogP contribution in [0, 0.1) is 11.2 Å². The van der Waals surface area contributed by atoms with Crippen molar-refractivity contribution in [2.24, 2.45) is 5.41 Å². The summed E-state index contributed by atoms with van der Waals surface area (Å²) in [7, 11) is 0. The summed E-state index contributed by atoms with van der Waals surface area (Å²) in [5, 5.41) is 10.9. The third kappa shape index (κ3) is 4.92. The molecule has 0 radical (unpaired) electrons. The summed E-state index contributed by atoms with van der Waals surface area (Å²) in [6.07, 6.45) is -3.51. The predicted molar refractivity (Wildman–Crippen MR) is 110 cm³/mol. The van der Waals surface area contributed by atoms with E-state index in [4.69, 9.17) is 20.8 Å². The van der Waals surface area contributed by atoms with Gasteiger partial charge < -0.3 is 19.4 Å². The second-order valence-corrected chi connectivity index (χ2v) is 9.58. The van der Waals surface area contributed by atoms with Gasteiger partial charge in [0, 0.05) is 36.5 Å². The SMILES string of the molecule is O=C(COc1ccc(Cl)c(F)c1)NC1CC2(C1)CN(c1nnc(C3CC(OC(F)(F)F)C3)o1)C2. The molecule has 0 bridgehead atoms. The maximum Gasteiger partial charge on any atom is 0.522 e. The first-order valence-corrected chi connectivity index (χ1v) is 11.2. The molecule has 13 heteroatoms. The number of carbonyl (C=O) groups is 1. The molecule has 1 spiro atoms. The fourth-order valence-electron chi connectivity index (χ4n) is 4.80. The highest BCUT2D eigenvalue weighted by atomic mass is 35.5. The van der Waals surface area contributed by atoms with Crippen LogP contribution in [0.5, 0.6) is 5.75 Å². The molecule has 1 saturated heterocycles. The molecule has 1 aliphatic heterocycles. The van der Waals surface area contributed by atoms with Crippen molar-refractivity contribution in [3.8, 4) is 5.75 Å². The Morgan fingerprint density at radius 1 is 1.26 bits per heavy atom. The minimum atomic E-state index is -4.63. The monoisotopic (exact) mass is 504 g/mol. The van der Waals surface area contributed by atoms with Gasteiger partial charge in [0.05, 0.1) is 11.1 Å². The van der Waals surface area contributed by atoms with Crippen LogP contribution in [0.4, 0.5) is 23.6 Å². The van der Waals surface area contributed by atoms with E-state index in [9.17, 15) is 22.4 Å². The first-order valence-electron chi connectivity index (χ1n) is 10.8. The number of halogens is 5. The summed E-state index contributed by atoms with van der Waals surface area (Å²) < 4.78 is 65.1. The van der Waals surface area contributed by atoms with E-state index in [0.717, 1.165) is 18.9 Å². The van der Waals surface area contributed by atoms with E-state index >= 15 is 0 Å². The molecule has 2 heterocycles. The Morgan fingerprint density at radius 2 is 2.00 bits per heavy atom. The molecule has 3 aliphatic rings. The van der Waals surface area contributed by atoms with Crippen LogP contribution in [0.2, 0.25) is 5.02 Å². The van der Waals surface area contributed by atoms with Gasteiger partial charge in [0.25, 0.3) is 5.91 Å². The van der Waals surface area contributed by atoms with Gasteiger partial charge in [0.15, 0.2) is 6.61 Å². The van der Waals surface area contributed by atoms with Gasteiger partial charge >= 0.3 is 12.4 Å². The number of amides is 1. The molecule has 2 saturated carbocycles. The first-order chi connectivity index (χ1) is 16.1. The standard InChI is InChI=1S/C21H21ClF4N4O4/c22-15-2-1-13(5-16(15)23)32-8-17(31)27-12-6-20(7-12)9-30(10-20)19-29-28-18(33-19)11-3-14(4-11)34-21(24,25)26/h1-2,5,11-12,14H,3-4,6-10H2,(H,27,31). The smallest absolute Gasteiger partial charge is 0.484 e. The van der Waals surface area contributed by atoms with Gasteiger partial charge in [0.1, 0.15) is 11.6 Å². The zero-order chi connectivity index (χ0) is 24.1. The van der Waals surface area contributed by atoms with Gasteiger partial charge in [-0.25, -0.2) is 4.39 Å². The third-order valence-corrected chi connectivity index (χ3v) is 6.79. The van der Waals surface area contributed by atoms with Crippen LogP contribution < -0.4 is 15.0 Å². The van der Waals surface area contributed by atoms with Crippen LogP contribution in [-0.4, -0.2) is 54.3 Å². The van der Waals surface area contributed by atoms with Gasteiger partial charge in [-0.3, -0.25) is 9.53 Å². The van der Waals surface area contributed by atoms with E-state index in [2.05, 4.69) is 20.3 Å². The average molecular weight is 505 g/mol. The largest absolute Gasteiger partial charge is 0.522 e. The highest BCUT2D eigenvalue weighted by Gasteiger charge is 2.54. The summed E-state index contributed by atoms with van der Waals surface area (Å²) in [5.41, 5.74) is 0.0643. The Labute approximate surface area is 196 Å². The molecule has 184 valence electrons. The van der Waals surface area contributed by atoms with E-state index in [1.54, 1.807) is 0 Å². The molecule has 1 amide bonds. The number of nitrogens with zero attached hydrogens (tertiary/aromatic N) is 3. The number of ether oxygens (including phenoxy) is 2. The highest BCUT2D eigenvalue weighted by molar-refractivity contribution is 6.30. The fourth-order valence-corrected chi connectivity index (χ4v) is 4.92. The van der Waals surface area contributed by atoms with Gasteiger partial charge in [-0.1, -0.05) is 16.7 Å². The molecule has 2 aliphatic carbocycles. The molecule has 34 heavy (non-hydrogen) atoms. The molecule has 0 unspecified atom stereocenters. The molecule has 0 atom stereocenters. The summed E-state index contributed by atoms with van der Waals surface area (Å²) in [5.74, 6) is -0.575. The summed E-state index contributed by atoms with van der Waals surface area (Å²) >= 11 is 5.62. The lowest BCUT2D eigenvalue weighted by Crippen LogP contribution is -2.67. The van der Waals surface area contributed by atoms with Gasteiger partial charge in [-0.15, -0.1) is 18.3 Å². The lowest BCUT2D eigenvalue weighted by atomic mass is 9.61. The quantitative estimate of drug-likeness (QED) is 0.573. The Morgan fingerprint density at radius 3 is 2.68 bits per heavy atom. The van der Waals surface area contributed by atoms with Crippen molar-refractivity contribution in [2.45, 2.75) is 50.1 Å². The average Bonchev–Trinajstić information content (AvgIpc) is 3.14. The lowest BCUT2D eigenvalue weighted by Gasteiger charge is -2.58. The summed E-state index contributed by atoms with van der Waals surface area (Å²) in [6.45, 7) is 1.18. The number of hydrogen-bond acceptors (Lipinski definition) is 7. The number of benzene rings is 1. The fraction of sp³-hybridized carbons (Fsp3) is 0.571. The zero-order valence-electron chi connectivity index (χ0n) is 17.8. The molecule has 2 aromatic rings. The Hall–Kier alpha value is -2.60. The molecular formula is C21H21ClF4N4O4. The first kappa shape index (κ1) is 23.2. The van der Waals surface area contributed by atoms with Crippen LogP contribution >= 0.6 is 11.6 Å². The third-order valence-electron chi connectivity index (χ3n) is 6.48. The topological polar surface area (TPSA) is 89.7 Å². The van der Waals surface area contributed by atoms with E-state index < -0.39 is 18.3 Å². The second kappa shape index (κ2) is 8.56. The lowest BCUT2D eigenvalue weighted by molar-refractivity contribution is -0.352. The van der Waals surface area contributed by atoms with Gasteiger partial charge in [-0.05, 0) is 37.8 Å². The van der Waals surface area contributed by atoms with E-state index in [1.807, 2.05) is 4.90 Å². The number of nitrogens with one attached hydrogen (secondary N) is 1. The van der Waals surface area contributed by atoms with Crippen molar-refractivity contribution in [3.05, 3.63) is 34.9 Å². The van der Waals surface area contributed by atoms with Crippen molar-refractivity contribution in [1.82, 2.24) is 15.5 Å². The van der Waals surface area contributed by atoms with Crippen molar-refractivity contribution in [2.75, 3.05) is 24.6 Å². The summed E-state index contributed by atoms with van der Waals surface area (Å²) in [4.78, 5) is 14.0. The number of alkyl halides is 3. The van der Waals surface area contributed by atoms with Crippen LogP contribution in [0.15, 0.2) is 22.6 Å². The number of aromatic nitrogens is 2. The molecule has 1 N–H and O–H groups in total. The van der Waals surface area contributed by atoms with Crippen molar-refractivity contribution in [1.29, 1.82) is 0 Å². The van der Waals surface area contributed by atoms with Crippen molar-refractivity contribution < 1.29 is 36.2 Å².